The Bertz CT molecular complexity index is 637. The number of carbonyl (C=O) groups excluding carboxylic acids is 1. The summed E-state index contributed by atoms with van der Waals surface area (Å²) >= 11 is 0. The molecule has 2 N–H and O–H groups in total. The Hall–Kier alpha value is -1.92. The van der Waals surface area contributed by atoms with Gasteiger partial charge < -0.3 is 10.0 Å². The molecule has 1 saturated heterocycles. The van der Waals surface area contributed by atoms with Crippen LogP contribution in [-0.2, 0) is 16.1 Å². The van der Waals surface area contributed by atoms with Crippen molar-refractivity contribution in [3.05, 3.63) is 35.4 Å². The van der Waals surface area contributed by atoms with Crippen molar-refractivity contribution in [2.75, 3.05) is 32.7 Å². The summed E-state index contributed by atoms with van der Waals surface area (Å²) in [5, 5.41) is 12.3. The predicted molar refractivity (Wildman–Crippen MR) is 111 cm³/mol. The zero-order valence-electron chi connectivity index (χ0n) is 17.6. The molecule has 1 aromatic rings. The number of nitrogens with one attached hydrogen (secondary N) is 1. The third-order valence-corrected chi connectivity index (χ3v) is 5.73. The first-order valence-corrected chi connectivity index (χ1v) is 10.4. The largest absolute Gasteiger partial charge is 0.480 e. The number of hydrogen-bond donors (Lipinski definition) is 2. The van der Waals surface area contributed by atoms with Crippen molar-refractivity contribution in [3.63, 3.8) is 0 Å². The van der Waals surface area contributed by atoms with Crippen molar-refractivity contribution in [2.45, 2.75) is 52.6 Å². The Balaban J connectivity index is 1.77. The van der Waals surface area contributed by atoms with Crippen LogP contribution in [0.1, 0.15) is 51.2 Å². The molecule has 1 heterocycles. The van der Waals surface area contributed by atoms with E-state index in [4.69, 9.17) is 0 Å². The summed E-state index contributed by atoms with van der Waals surface area (Å²) in [4.78, 5) is 28.0. The molecule has 0 unspecified atom stereocenters. The zero-order chi connectivity index (χ0) is 20.7. The van der Waals surface area contributed by atoms with Crippen LogP contribution in [0.4, 0.5) is 0 Å². The van der Waals surface area contributed by atoms with Gasteiger partial charge in [0, 0.05) is 32.7 Å². The predicted octanol–water partition coefficient (Wildman–Crippen LogP) is 2.54. The fourth-order valence-corrected chi connectivity index (χ4v) is 3.50. The highest BCUT2D eigenvalue weighted by atomic mass is 16.4. The summed E-state index contributed by atoms with van der Waals surface area (Å²) in [6, 6.07) is 8.10. The van der Waals surface area contributed by atoms with E-state index in [1.807, 2.05) is 18.7 Å². The van der Waals surface area contributed by atoms with Crippen LogP contribution in [-0.4, -0.2) is 65.5 Å². The lowest BCUT2D eigenvalue weighted by Crippen LogP contribution is -2.52. The van der Waals surface area contributed by atoms with Crippen LogP contribution in [0.2, 0.25) is 0 Å². The number of piperazine rings is 1. The second kappa shape index (κ2) is 10.6. The molecule has 2 rings (SSSR count). The van der Waals surface area contributed by atoms with E-state index in [1.165, 1.54) is 11.1 Å². The molecule has 0 radical (unpaired) electrons. The lowest BCUT2D eigenvalue weighted by Gasteiger charge is -2.35. The maximum absolute atomic E-state index is 12.5. The molecule has 6 heteroatoms. The Morgan fingerprint density at radius 3 is 2.18 bits per heavy atom. The van der Waals surface area contributed by atoms with Crippen LogP contribution >= 0.6 is 0 Å². The van der Waals surface area contributed by atoms with E-state index in [0.717, 1.165) is 26.1 Å². The van der Waals surface area contributed by atoms with Crippen LogP contribution < -0.4 is 5.32 Å². The minimum atomic E-state index is -0.893. The molecule has 0 spiro atoms. The fraction of sp³-hybridized carbons (Fsp3) is 0.636. The Morgan fingerprint density at radius 2 is 1.68 bits per heavy atom. The molecule has 0 bridgehead atoms. The van der Waals surface area contributed by atoms with E-state index in [0.29, 0.717) is 19.0 Å². The molecular weight excluding hydrogens is 354 g/mol. The molecule has 6 nitrogen and oxygen atoms in total. The average Bonchev–Trinajstić information content (AvgIpc) is 2.68. The highest BCUT2D eigenvalue weighted by Crippen LogP contribution is 2.16. The van der Waals surface area contributed by atoms with Gasteiger partial charge in [0.2, 0.25) is 5.91 Å². The molecule has 0 aromatic heterocycles. The van der Waals surface area contributed by atoms with Crippen molar-refractivity contribution in [1.82, 2.24) is 15.1 Å². The van der Waals surface area contributed by atoms with Crippen LogP contribution in [0.3, 0.4) is 0 Å². The van der Waals surface area contributed by atoms with Gasteiger partial charge in [-0.2, -0.15) is 0 Å². The molecule has 0 saturated carbocycles. The van der Waals surface area contributed by atoms with Gasteiger partial charge >= 0.3 is 5.97 Å². The molecule has 156 valence electrons. The molecule has 1 amide bonds. The summed E-state index contributed by atoms with van der Waals surface area (Å²) < 4.78 is 0. The first-order valence-electron chi connectivity index (χ1n) is 10.4. The second-order valence-corrected chi connectivity index (χ2v) is 8.14. The monoisotopic (exact) mass is 389 g/mol. The smallest absolute Gasteiger partial charge is 0.320 e. The SMILES string of the molecule is CC[C@H](C)[C@H](NCC(=O)N1CCN(Cc2ccc(C(C)C)cc2)CC1)C(=O)O. The first kappa shape index (κ1) is 22.4. The molecule has 1 aliphatic heterocycles. The maximum Gasteiger partial charge on any atom is 0.320 e. The summed E-state index contributed by atoms with van der Waals surface area (Å²) in [6.07, 6.45) is 0.759. The standard InChI is InChI=1S/C22H35N3O3/c1-5-17(4)21(22(27)28)23-14-20(26)25-12-10-24(11-13-25)15-18-6-8-19(9-7-18)16(2)3/h6-9,16-17,21,23H,5,10-15H2,1-4H3,(H,27,28)/t17-,21-/m0/s1. The molecule has 1 fully saturated rings. The molecule has 2 atom stereocenters. The van der Waals surface area contributed by atoms with Gasteiger partial charge in [-0.05, 0) is 23.0 Å². The lowest BCUT2D eigenvalue weighted by atomic mass is 9.99. The average molecular weight is 390 g/mol. The van der Waals surface area contributed by atoms with Gasteiger partial charge in [-0.1, -0.05) is 58.4 Å². The number of carbonyl (C=O) groups is 2. The lowest BCUT2D eigenvalue weighted by molar-refractivity contribution is -0.141. The minimum Gasteiger partial charge on any atom is -0.480 e. The quantitative estimate of drug-likeness (QED) is 0.679. The fourth-order valence-electron chi connectivity index (χ4n) is 3.50. The number of nitrogens with zero attached hydrogens (tertiary/aromatic N) is 2. The second-order valence-electron chi connectivity index (χ2n) is 8.14. The van der Waals surface area contributed by atoms with Gasteiger partial charge in [-0.15, -0.1) is 0 Å². The van der Waals surface area contributed by atoms with E-state index in [2.05, 4.69) is 48.3 Å². The van der Waals surface area contributed by atoms with E-state index >= 15 is 0 Å². The minimum absolute atomic E-state index is 0.00997. The Morgan fingerprint density at radius 1 is 1.07 bits per heavy atom. The number of amides is 1. The van der Waals surface area contributed by atoms with Gasteiger partial charge in [0.15, 0.2) is 0 Å². The Kier molecular flexibility index (Phi) is 8.45. The highest BCUT2D eigenvalue weighted by molar-refractivity contribution is 5.80. The molecule has 0 aliphatic carbocycles. The van der Waals surface area contributed by atoms with Gasteiger partial charge in [0.05, 0.1) is 6.54 Å². The highest BCUT2D eigenvalue weighted by Gasteiger charge is 2.26. The number of rotatable bonds is 9. The Labute approximate surface area is 168 Å². The number of aliphatic carboxylic acids is 1. The van der Waals surface area contributed by atoms with Gasteiger partial charge in [0.25, 0.3) is 0 Å². The van der Waals surface area contributed by atoms with Crippen molar-refractivity contribution < 1.29 is 14.7 Å². The van der Waals surface area contributed by atoms with Crippen LogP contribution in [0.15, 0.2) is 24.3 Å². The normalized spacial score (nSPS) is 17.5. The summed E-state index contributed by atoms with van der Waals surface area (Å²) in [7, 11) is 0. The molecular formula is C22H35N3O3. The van der Waals surface area contributed by atoms with Gasteiger partial charge in [0.1, 0.15) is 6.04 Å². The first-order chi connectivity index (χ1) is 13.3. The molecule has 1 aliphatic rings. The van der Waals surface area contributed by atoms with Gasteiger partial charge in [-0.25, -0.2) is 0 Å². The van der Waals surface area contributed by atoms with E-state index in [9.17, 15) is 14.7 Å². The maximum atomic E-state index is 12.5. The van der Waals surface area contributed by atoms with Crippen molar-refractivity contribution in [1.29, 1.82) is 0 Å². The topological polar surface area (TPSA) is 72.9 Å². The molecule has 28 heavy (non-hydrogen) atoms. The van der Waals surface area contributed by atoms with Crippen LogP contribution in [0, 0.1) is 5.92 Å². The number of benzene rings is 1. The molecule has 1 aromatic carbocycles. The summed E-state index contributed by atoms with van der Waals surface area (Å²) in [5.74, 6) is -0.381. The zero-order valence-corrected chi connectivity index (χ0v) is 17.6. The summed E-state index contributed by atoms with van der Waals surface area (Å²) in [6.45, 7) is 12.3. The third kappa shape index (κ3) is 6.31. The number of carboxylic acids is 1. The number of hydrogen-bond acceptors (Lipinski definition) is 4. The number of carboxylic acid groups (broad SMARTS) is 1. The van der Waals surface area contributed by atoms with Crippen LogP contribution in [0.5, 0.6) is 0 Å². The summed E-state index contributed by atoms with van der Waals surface area (Å²) in [5.41, 5.74) is 2.65. The van der Waals surface area contributed by atoms with Crippen molar-refractivity contribution in [3.8, 4) is 0 Å². The van der Waals surface area contributed by atoms with Gasteiger partial charge in [-0.3, -0.25) is 19.8 Å². The van der Waals surface area contributed by atoms with Crippen molar-refractivity contribution >= 4 is 11.9 Å². The van der Waals surface area contributed by atoms with E-state index < -0.39 is 12.0 Å². The van der Waals surface area contributed by atoms with E-state index in [1.54, 1.807) is 0 Å². The third-order valence-electron chi connectivity index (χ3n) is 5.73. The van der Waals surface area contributed by atoms with Crippen molar-refractivity contribution in [2.24, 2.45) is 5.92 Å². The van der Waals surface area contributed by atoms with Crippen LogP contribution in [0.25, 0.3) is 0 Å². The van der Waals surface area contributed by atoms with E-state index in [-0.39, 0.29) is 18.4 Å².